The molecule has 100 valence electrons. The van der Waals surface area contributed by atoms with Crippen LogP contribution >= 0.6 is 23.1 Å². The first-order valence-corrected chi connectivity index (χ1v) is 7.75. The summed E-state index contributed by atoms with van der Waals surface area (Å²) in [7, 11) is 0. The summed E-state index contributed by atoms with van der Waals surface area (Å²) in [6.45, 7) is 4.28. The third kappa shape index (κ3) is 4.04. The van der Waals surface area contributed by atoms with Crippen molar-refractivity contribution in [2.24, 2.45) is 0 Å². The summed E-state index contributed by atoms with van der Waals surface area (Å²) in [5.74, 6) is -0.156. The Kier molecular flexibility index (Phi) is 4.93. The minimum absolute atomic E-state index is 0.156. The van der Waals surface area contributed by atoms with Crippen molar-refractivity contribution < 1.29 is 4.79 Å². The second-order valence-electron chi connectivity index (χ2n) is 4.03. The first-order valence-electron chi connectivity index (χ1n) is 6.05. The quantitative estimate of drug-likeness (QED) is 0.675. The van der Waals surface area contributed by atoms with Crippen LogP contribution in [-0.4, -0.2) is 21.4 Å². The molecule has 0 saturated carbocycles. The lowest BCUT2D eigenvalue weighted by atomic mass is 10.2. The molecule has 4 nitrogen and oxygen atoms in total. The minimum Gasteiger partial charge on any atom is -0.296 e. The summed E-state index contributed by atoms with van der Waals surface area (Å²) >= 11 is 3.09. The summed E-state index contributed by atoms with van der Waals surface area (Å²) in [4.78, 5) is 11.9. The standard InChI is InChI=1S/C13H15N3OS2/c1-3-9(2)18-13-16-15-12(19-13)14-11(17)10-7-5-4-6-8-10/h4-9H,3H2,1-2H3,(H,14,15,17). The lowest BCUT2D eigenvalue weighted by Crippen LogP contribution is -2.11. The first-order chi connectivity index (χ1) is 9.19. The third-order valence-corrected chi connectivity index (χ3v) is 4.73. The fourth-order valence-corrected chi connectivity index (χ4v) is 3.32. The van der Waals surface area contributed by atoms with Crippen LogP contribution in [0.5, 0.6) is 0 Å². The average Bonchev–Trinajstić information content (AvgIpc) is 2.86. The second kappa shape index (κ2) is 6.68. The van der Waals surface area contributed by atoms with Gasteiger partial charge >= 0.3 is 0 Å². The zero-order valence-electron chi connectivity index (χ0n) is 10.8. The van der Waals surface area contributed by atoms with E-state index in [1.165, 1.54) is 11.3 Å². The Labute approximate surface area is 120 Å². The number of anilines is 1. The maximum absolute atomic E-state index is 11.9. The highest BCUT2D eigenvalue weighted by Crippen LogP contribution is 2.30. The Balaban J connectivity index is 1.98. The van der Waals surface area contributed by atoms with Crippen LogP contribution < -0.4 is 5.32 Å². The molecule has 0 aliphatic rings. The predicted octanol–water partition coefficient (Wildman–Crippen LogP) is 3.68. The Morgan fingerprint density at radius 1 is 1.37 bits per heavy atom. The van der Waals surface area contributed by atoms with Crippen LogP contribution in [0.15, 0.2) is 34.7 Å². The molecule has 0 spiro atoms. The van der Waals surface area contributed by atoms with Crippen LogP contribution in [0.1, 0.15) is 30.6 Å². The number of nitrogens with zero attached hydrogens (tertiary/aromatic N) is 2. The molecule has 1 amide bonds. The topological polar surface area (TPSA) is 54.9 Å². The van der Waals surface area contributed by atoms with Gasteiger partial charge in [-0.1, -0.05) is 55.1 Å². The summed E-state index contributed by atoms with van der Waals surface area (Å²) < 4.78 is 0.887. The Bertz CT molecular complexity index is 542. The maximum Gasteiger partial charge on any atom is 0.257 e. The van der Waals surface area contributed by atoms with Gasteiger partial charge in [-0.3, -0.25) is 10.1 Å². The van der Waals surface area contributed by atoms with Gasteiger partial charge in [-0.15, -0.1) is 10.2 Å². The van der Waals surface area contributed by atoms with E-state index < -0.39 is 0 Å². The lowest BCUT2D eigenvalue weighted by Gasteiger charge is -2.02. The van der Waals surface area contributed by atoms with E-state index in [4.69, 9.17) is 0 Å². The van der Waals surface area contributed by atoms with E-state index >= 15 is 0 Å². The van der Waals surface area contributed by atoms with Crippen LogP contribution in [0.4, 0.5) is 5.13 Å². The fraction of sp³-hybridized carbons (Fsp3) is 0.308. The Hall–Kier alpha value is -1.40. The monoisotopic (exact) mass is 293 g/mol. The van der Waals surface area contributed by atoms with E-state index in [-0.39, 0.29) is 5.91 Å². The second-order valence-corrected chi connectivity index (χ2v) is 6.69. The van der Waals surface area contributed by atoms with Gasteiger partial charge in [0, 0.05) is 10.8 Å². The molecule has 0 aliphatic heterocycles. The molecule has 0 fully saturated rings. The lowest BCUT2D eigenvalue weighted by molar-refractivity contribution is 0.102. The van der Waals surface area contributed by atoms with Gasteiger partial charge in [0.1, 0.15) is 0 Å². The molecule has 1 aromatic heterocycles. The highest BCUT2D eigenvalue weighted by Gasteiger charge is 2.11. The van der Waals surface area contributed by atoms with Crippen LogP contribution in [-0.2, 0) is 0 Å². The molecule has 2 aromatic rings. The van der Waals surface area contributed by atoms with Crippen molar-refractivity contribution in [1.29, 1.82) is 0 Å². The molecule has 0 radical (unpaired) electrons. The molecule has 1 atom stereocenters. The molecule has 6 heteroatoms. The number of amides is 1. The third-order valence-electron chi connectivity index (χ3n) is 2.54. The maximum atomic E-state index is 11.9. The zero-order chi connectivity index (χ0) is 13.7. The van der Waals surface area contributed by atoms with Crippen molar-refractivity contribution in [2.45, 2.75) is 29.9 Å². The smallest absolute Gasteiger partial charge is 0.257 e. The van der Waals surface area contributed by atoms with Crippen LogP contribution in [0.2, 0.25) is 0 Å². The molecule has 2 rings (SSSR count). The SMILES string of the molecule is CCC(C)Sc1nnc(NC(=O)c2ccccc2)s1. The van der Waals surface area contributed by atoms with Crippen molar-refractivity contribution in [2.75, 3.05) is 5.32 Å². The number of benzene rings is 1. The summed E-state index contributed by atoms with van der Waals surface area (Å²) in [5, 5.41) is 11.9. The number of carbonyl (C=O) groups is 1. The zero-order valence-corrected chi connectivity index (χ0v) is 12.4. The van der Waals surface area contributed by atoms with Gasteiger partial charge in [-0.05, 0) is 18.6 Å². The molecular formula is C13H15N3OS2. The minimum atomic E-state index is -0.156. The Morgan fingerprint density at radius 2 is 2.11 bits per heavy atom. The van der Waals surface area contributed by atoms with E-state index in [1.54, 1.807) is 23.9 Å². The largest absolute Gasteiger partial charge is 0.296 e. The van der Waals surface area contributed by atoms with Gasteiger partial charge in [-0.2, -0.15) is 0 Å². The van der Waals surface area contributed by atoms with Gasteiger partial charge in [0.25, 0.3) is 5.91 Å². The molecule has 1 N–H and O–H groups in total. The molecule has 1 heterocycles. The number of rotatable bonds is 5. The number of hydrogen-bond acceptors (Lipinski definition) is 5. The number of nitrogens with one attached hydrogen (secondary N) is 1. The van der Waals surface area contributed by atoms with Crippen LogP contribution in [0.3, 0.4) is 0 Å². The van der Waals surface area contributed by atoms with E-state index in [9.17, 15) is 4.79 Å². The van der Waals surface area contributed by atoms with Gasteiger partial charge in [0.2, 0.25) is 5.13 Å². The van der Waals surface area contributed by atoms with E-state index in [0.29, 0.717) is 15.9 Å². The van der Waals surface area contributed by atoms with E-state index in [1.807, 2.05) is 18.2 Å². The van der Waals surface area contributed by atoms with Crippen molar-refractivity contribution in [3.8, 4) is 0 Å². The number of aromatic nitrogens is 2. The molecular weight excluding hydrogens is 278 g/mol. The summed E-state index contributed by atoms with van der Waals surface area (Å²) in [6, 6.07) is 9.08. The molecule has 1 aromatic carbocycles. The Morgan fingerprint density at radius 3 is 2.79 bits per heavy atom. The summed E-state index contributed by atoms with van der Waals surface area (Å²) in [6.07, 6.45) is 1.08. The number of carbonyl (C=O) groups excluding carboxylic acids is 1. The van der Waals surface area contributed by atoms with E-state index in [0.717, 1.165) is 10.8 Å². The molecule has 0 bridgehead atoms. The molecule has 0 aliphatic carbocycles. The molecule has 1 unspecified atom stereocenters. The van der Waals surface area contributed by atoms with E-state index in [2.05, 4.69) is 29.4 Å². The molecule has 0 saturated heterocycles. The van der Waals surface area contributed by atoms with Gasteiger partial charge in [0.15, 0.2) is 4.34 Å². The van der Waals surface area contributed by atoms with Gasteiger partial charge < -0.3 is 0 Å². The number of thioether (sulfide) groups is 1. The predicted molar refractivity (Wildman–Crippen MR) is 79.9 cm³/mol. The molecule has 19 heavy (non-hydrogen) atoms. The average molecular weight is 293 g/mol. The highest BCUT2D eigenvalue weighted by atomic mass is 32.2. The van der Waals surface area contributed by atoms with Crippen LogP contribution in [0.25, 0.3) is 0 Å². The highest BCUT2D eigenvalue weighted by molar-refractivity contribution is 8.01. The van der Waals surface area contributed by atoms with Crippen molar-refractivity contribution in [3.63, 3.8) is 0 Å². The van der Waals surface area contributed by atoms with Gasteiger partial charge in [-0.25, -0.2) is 0 Å². The first kappa shape index (κ1) is 14.0. The van der Waals surface area contributed by atoms with Gasteiger partial charge in [0.05, 0.1) is 0 Å². The normalized spacial score (nSPS) is 12.1. The van der Waals surface area contributed by atoms with Crippen molar-refractivity contribution in [3.05, 3.63) is 35.9 Å². The van der Waals surface area contributed by atoms with Crippen LogP contribution in [0, 0.1) is 0 Å². The summed E-state index contributed by atoms with van der Waals surface area (Å²) in [5.41, 5.74) is 0.619. The van der Waals surface area contributed by atoms with Crippen molar-refractivity contribution in [1.82, 2.24) is 10.2 Å². The number of hydrogen-bond donors (Lipinski definition) is 1. The van der Waals surface area contributed by atoms with Crippen molar-refractivity contribution >= 4 is 34.1 Å². The fourth-order valence-electron chi connectivity index (χ4n) is 1.32.